The molecule has 1 unspecified atom stereocenters. The van der Waals surface area contributed by atoms with Crippen LogP contribution in [-0.4, -0.2) is 30.9 Å². The zero-order chi connectivity index (χ0) is 22.8. The molecule has 162 valence electrons. The van der Waals surface area contributed by atoms with Crippen LogP contribution >= 0.6 is 11.6 Å². The van der Waals surface area contributed by atoms with Gasteiger partial charge < -0.3 is 14.8 Å². The highest BCUT2D eigenvalue weighted by Gasteiger charge is 2.37. The zero-order valence-electron chi connectivity index (χ0n) is 17.3. The Morgan fingerprint density at radius 2 is 1.53 bits per heavy atom. The summed E-state index contributed by atoms with van der Waals surface area (Å²) >= 11 is 6.36. The van der Waals surface area contributed by atoms with Crippen molar-refractivity contribution in [1.29, 1.82) is 0 Å². The van der Waals surface area contributed by atoms with E-state index in [1.54, 1.807) is 68.6 Å². The Morgan fingerprint density at radius 1 is 0.938 bits per heavy atom. The van der Waals surface area contributed by atoms with Crippen LogP contribution in [0.3, 0.4) is 0 Å². The number of benzene rings is 3. The number of nitrogens with one attached hydrogen (secondary N) is 1. The van der Waals surface area contributed by atoms with Crippen molar-refractivity contribution in [3.05, 3.63) is 82.9 Å². The van der Waals surface area contributed by atoms with Crippen molar-refractivity contribution in [3.8, 4) is 11.5 Å². The van der Waals surface area contributed by atoms with E-state index in [2.05, 4.69) is 5.32 Å². The standard InChI is InChI=1S/C24H19ClN2O5/c1-14(32-17-10-8-16(31-2)9-11-17)22(28)26-15-7-12-21(20(25)13-15)27-23(29)18-5-3-4-6-19(18)24(27)30/h3-14H,1-2H3,(H,26,28). The average molecular weight is 451 g/mol. The molecule has 0 aromatic heterocycles. The molecule has 32 heavy (non-hydrogen) atoms. The summed E-state index contributed by atoms with van der Waals surface area (Å²) in [6, 6.07) is 18.0. The number of imide groups is 1. The molecule has 0 aliphatic carbocycles. The summed E-state index contributed by atoms with van der Waals surface area (Å²) < 4.78 is 10.7. The van der Waals surface area contributed by atoms with Crippen molar-refractivity contribution in [2.75, 3.05) is 17.3 Å². The van der Waals surface area contributed by atoms with Gasteiger partial charge in [-0.25, -0.2) is 4.90 Å². The van der Waals surface area contributed by atoms with Gasteiger partial charge in [-0.15, -0.1) is 0 Å². The minimum Gasteiger partial charge on any atom is -0.497 e. The van der Waals surface area contributed by atoms with Crippen LogP contribution in [0.5, 0.6) is 11.5 Å². The van der Waals surface area contributed by atoms with E-state index < -0.39 is 17.9 Å². The number of nitrogens with zero attached hydrogens (tertiary/aromatic N) is 1. The summed E-state index contributed by atoms with van der Waals surface area (Å²) in [4.78, 5) is 38.9. The second kappa shape index (κ2) is 8.72. The first-order valence-electron chi connectivity index (χ1n) is 9.78. The number of halogens is 1. The number of anilines is 2. The van der Waals surface area contributed by atoms with E-state index >= 15 is 0 Å². The molecule has 3 aromatic rings. The molecule has 0 fully saturated rings. The summed E-state index contributed by atoms with van der Waals surface area (Å²) in [5.74, 6) is -0.0586. The lowest BCUT2D eigenvalue weighted by molar-refractivity contribution is -0.122. The largest absolute Gasteiger partial charge is 0.497 e. The number of rotatable bonds is 6. The Kier molecular flexibility index (Phi) is 5.83. The Balaban J connectivity index is 1.46. The highest BCUT2D eigenvalue weighted by atomic mass is 35.5. The first kappa shape index (κ1) is 21.4. The number of ether oxygens (including phenoxy) is 2. The summed E-state index contributed by atoms with van der Waals surface area (Å²) in [6.07, 6.45) is -0.780. The van der Waals surface area contributed by atoms with E-state index in [-0.39, 0.29) is 16.6 Å². The molecule has 7 nitrogen and oxygen atoms in total. The van der Waals surface area contributed by atoms with Crippen LogP contribution in [0.4, 0.5) is 11.4 Å². The van der Waals surface area contributed by atoms with Crippen LogP contribution in [0, 0.1) is 0 Å². The smallest absolute Gasteiger partial charge is 0.266 e. The van der Waals surface area contributed by atoms with Crippen LogP contribution in [-0.2, 0) is 4.79 Å². The van der Waals surface area contributed by atoms with Crippen molar-refractivity contribution in [2.24, 2.45) is 0 Å². The number of methoxy groups -OCH3 is 1. The van der Waals surface area contributed by atoms with Gasteiger partial charge in [0, 0.05) is 5.69 Å². The van der Waals surface area contributed by atoms with Crippen molar-refractivity contribution in [2.45, 2.75) is 13.0 Å². The van der Waals surface area contributed by atoms with Gasteiger partial charge in [-0.3, -0.25) is 14.4 Å². The van der Waals surface area contributed by atoms with Crippen LogP contribution in [0.2, 0.25) is 5.02 Å². The lowest BCUT2D eigenvalue weighted by Gasteiger charge is -2.18. The van der Waals surface area contributed by atoms with E-state index in [4.69, 9.17) is 21.1 Å². The van der Waals surface area contributed by atoms with Gasteiger partial charge in [0.15, 0.2) is 6.10 Å². The van der Waals surface area contributed by atoms with Crippen molar-refractivity contribution in [3.63, 3.8) is 0 Å². The van der Waals surface area contributed by atoms with E-state index in [1.807, 2.05) is 0 Å². The molecule has 3 aromatic carbocycles. The lowest BCUT2D eigenvalue weighted by Crippen LogP contribution is -2.31. The van der Waals surface area contributed by atoms with Crippen LogP contribution < -0.4 is 19.7 Å². The second-order valence-electron chi connectivity index (χ2n) is 7.08. The number of amides is 3. The predicted molar refractivity (Wildman–Crippen MR) is 121 cm³/mol. The maximum Gasteiger partial charge on any atom is 0.266 e. The van der Waals surface area contributed by atoms with Crippen molar-refractivity contribution in [1.82, 2.24) is 0 Å². The van der Waals surface area contributed by atoms with Crippen LogP contribution in [0.1, 0.15) is 27.6 Å². The van der Waals surface area contributed by atoms with E-state index in [0.717, 1.165) is 4.90 Å². The molecular weight excluding hydrogens is 432 g/mol. The molecule has 3 amide bonds. The van der Waals surface area contributed by atoms with E-state index in [0.29, 0.717) is 28.3 Å². The van der Waals surface area contributed by atoms with Gasteiger partial charge >= 0.3 is 0 Å². The number of hydrogen-bond donors (Lipinski definition) is 1. The number of carbonyl (C=O) groups is 3. The SMILES string of the molecule is COc1ccc(OC(C)C(=O)Nc2ccc(N3C(=O)c4ccccc4C3=O)c(Cl)c2)cc1. The maximum atomic E-state index is 12.7. The average Bonchev–Trinajstić information content (AvgIpc) is 3.05. The van der Waals surface area contributed by atoms with Gasteiger partial charge in [-0.1, -0.05) is 23.7 Å². The minimum atomic E-state index is -0.780. The first-order valence-corrected chi connectivity index (χ1v) is 10.2. The minimum absolute atomic E-state index is 0.154. The molecule has 1 heterocycles. The molecule has 1 aliphatic heterocycles. The Morgan fingerprint density at radius 3 is 2.09 bits per heavy atom. The third-order valence-electron chi connectivity index (χ3n) is 4.99. The van der Waals surface area contributed by atoms with Gasteiger partial charge in [0.1, 0.15) is 11.5 Å². The molecule has 8 heteroatoms. The quantitative estimate of drug-likeness (QED) is 0.557. The van der Waals surface area contributed by atoms with Crippen molar-refractivity contribution >= 4 is 40.7 Å². The Bertz CT molecular complexity index is 1170. The molecule has 0 spiro atoms. The number of fused-ring (bicyclic) bond motifs is 1. The molecule has 0 radical (unpaired) electrons. The fourth-order valence-electron chi connectivity index (χ4n) is 3.33. The normalized spacial score (nSPS) is 13.5. The highest BCUT2D eigenvalue weighted by Crippen LogP contribution is 2.34. The molecule has 0 saturated carbocycles. The summed E-state index contributed by atoms with van der Waals surface area (Å²) in [5, 5.41) is 2.87. The molecule has 0 saturated heterocycles. The van der Waals surface area contributed by atoms with Crippen molar-refractivity contribution < 1.29 is 23.9 Å². The maximum absolute atomic E-state index is 12.7. The van der Waals surface area contributed by atoms with Gasteiger partial charge in [0.05, 0.1) is 28.9 Å². The number of hydrogen-bond acceptors (Lipinski definition) is 5. The Labute approximate surface area is 189 Å². The molecule has 1 aliphatic rings. The van der Waals surface area contributed by atoms with Gasteiger partial charge in [0.25, 0.3) is 17.7 Å². The number of carbonyl (C=O) groups excluding carboxylic acids is 3. The molecule has 1 N–H and O–H groups in total. The molecule has 1 atom stereocenters. The van der Waals surface area contributed by atoms with Crippen LogP contribution in [0.25, 0.3) is 0 Å². The van der Waals surface area contributed by atoms with Crippen LogP contribution in [0.15, 0.2) is 66.7 Å². The van der Waals surface area contributed by atoms with E-state index in [9.17, 15) is 14.4 Å². The van der Waals surface area contributed by atoms with Gasteiger partial charge in [-0.05, 0) is 61.5 Å². The molecular formula is C24H19ClN2O5. The molecule has 0 bridgehead atoms. The Hall–Kier alpha value is -3.84. The van der Waals surface area contributed by atoms with E-state index in [1.165, 1.54) is 12.1 Å². The lowest BCUT2D eigenvalue weighted by atomic mass is 10.1. The molecule has 4 rings (SSSR count). The topological polar surface area (TPSA) is 84.9 Å². The predicted octanol–water partition coefficient (Wildman–Crippen LogP) is 4.56. The fourth-order valence-corrected chi connectivity index (χ4v) is 3.59. The highest BCUT2D eigenvalue weighted by molar-refractivity contribution is 6.40. The second-order valence-corrected chi connectivity index (χ2v) is 7.49. The third-order valence-corrected chi connectivity index (χ3v) is 5.29. The fraction of sp³-hybridized carbons (Fsp3) is 0.125. The summed E-state index contributed by atoms with van der Waals surface area (Å²) in [5.41, 5.74) is 1.31. The first-order chi connectivity index (χ1) is 15.4. The van der Waals surface area contributed by atoms with Gasteiger partial charge in [0.2, 0.25) is 0 Å². The summed E-state index contributed by atoms with van der Waals surface area (Å²) in [7, 11) is 1.57. The third kappa shape index (κ3) is 4.02. The monoisotopic (exact) mass is 450 g/mol. The zero-order valence-corrected chi connectivity index (χ0v) is 18.1. The van der Waals surface area contributed by atoms with Gasteiger partial charge in [-0.2, -0.15) is 0 Å². The summed E-state index contributed by atoms with van der Waals surface area (Å²) in [6.45, 7) is 1.62.